The number of hydrogen-bond acceptors (Lipinski definition) is 2. The average molecular weight is 637 g/mol. The van der Waals surface area contributed by atoms with E-state index in [0.29, 0.717) is 0 Å². The molecule has 2 heterocycles. The Hall–Kier alpha value is -6.64. The fourth-order valence-electron chi connectivity index (χ4n) is 7.22. The summed E-state index contributed by atoms with van der Waals surface area (Å²) in [5, 5.41) is 4.53. The monoisotopic (exact) mass is 636 g/mol. The van der Waals surface area contributed by atoms with Crippen molar-refractivity contribution in [1.29, 1.82) is 0 Å². The number of aromatic nitrogens is 2. The van der Waals surface area contributed by atoms with Gasteiger partial charge in [0.2, 0.25) is 0 Å². The van der Waals surface area contributed by atoms with Gasteiger partial charge in [-0.25, -0.2) is 0 Å². The average Bonchev–Trinajstić information content (AvgIpc) is 3.19. The van der Waals surface area contributed by atoms with E-state index in [1.165, 1.54) is 11.1 Å². The largest absolute Gasteiger partial charge is 0.256 e. The molecule has 2 aromatic heterocycles. The number of allylic oxidation sites excluding steroid dienone is 4. The molecular weight excluding hydrogens is 605 g/mol. The van der Waals surface area contributed by atoms with Crippen molar-refractivity contribution in [3.05, 3.63) is 239 Å². The Balaban J connectivity index is 1.50. The summed E-state index contributed by atoms with van der Waals surface area (Å²) in [5.41, 5.74) is 13.3. The Morgan fingerprint density at radius 2 is 0.580 bits per heavy atom. The Bertz CT molecular complexity index is 2330. The maximum Gasteiger partial charge on any atom is 0.0721 e. The first-order valence-corrected chi connectivity index (χ1v) is 17.0. The molecule has 2 nitrogen and oxygen atoms in total. The highest BCUT2D eigenvalue weighted by molar-refractivity contribution is 6.26. The van der Waals surface area contributed by atoms with Crippen LogP contribution in [0.25, 0.3) is 43.8 Å². The molecule has 6 aromatic carbocycles. The van der Waals surface area contributed by atoms with Crippen molar-refractivity contribution in [2.24, 2.45) is 0 Å². The van der Waals surface area contributed by atoms with E-state index in [2.05, 4.69) is 182 Å². The highest BCUT2D eigenvalue weighted by atomic mass is 14.7. The summed E-state index contributed by atoms with van der Waals surface area (Å²) in [6.45, 7) is 0. The van der Waals surface area contributed by atoms with Crippen molar-refractivity contribution in [3.63, 3.8) is 0 Å². The molecule has 8 aromatic rings. The number of fused-ring (bicyclic) bond motifs is 2. The minimum Gasteiger partial charge on any atom is -0.256 e. The topological polar surface area (TPSA) is 25.8 Å². The smallest absolute Gasteiger partial charge is 0.0721 e. The van der Waals surface area contributed by atoms with Crippen molar-refractivity contribution in [3.8, 4) is 0 Å². The van der Waals surface area contributed by atoms with Crippen LogP contribution in [0.1, 0.15) is 33.6 Å². The molecule has 9 rings (SSSR count). The summed E-state index contributed by atoms with van der Waals surface area (Å²) in [5.74, 6) is 0. The fourth-order valence-corrected chi connectivity index (χ4v) is 7.22. The predicted molar refractivity (Wildman–Crippen MR) is 208 cm³/mol. The molecule has 0 bridgehead atoms. The molecule has 50 heavy (non-hydrogen) atoms. The molecule has 1 aliphatic carbocycles. The van der Waals surface area contributed by atoms with Gasteiger partial charge in [-0.1, -0.05) is 170 Å². The van der Waals surface area contributed by atoms with Crippen LogP contribution in [-0.2, 0) is 0 Å². The molecule has 0 atom stereocenters. The number of hydrogen-bond donors (Lipinski definition) is 0. The molecule has 0 spiro atoms. The molecule has 0 unspecified atom stereocenters. The summed E-state index contributed by atoms with van der Waals surface area (Å²) in [6.07, 6.45) is 4.00. The lowest BCUT2D eigenvalue weighted by Gasteiger charge is -2.36. The second-order valence-electron chi connectivity index (χ2n) is 12.5. The van der Waals surface area contributed by atoms with Crippen LogP contribution in [0.5, 0.6) is 0 Å². The third-order valence-corrected chi connectivity index (χ3v) is 9.52. The van der Waals surface area contributed by atoms with Crippen molar-refractivity contribution in [2.45, 2.75) is 0 Å². The molecule has 0 saturated heterocycles. The van der Waals surface area contributed by atoms with Crippen LogP contribution < -0.4 is 0 Å². The molecule has 0 amide bonds. The van der Waals surface area contributed by atoms with E-state index < -0.39 is 0 Å². The lowest BCUT2D eigenvalue weighted by atomic mass is 9.66. The SMILES string of the molecule is c1ccc(C(=C2C(=C(c3ccccc3)c3ccccc3)C(c3cc4ccccc4cn3)=C2c2cc3ccccc3cn2)c2ccccc2)cc1. The molecule has 0 radical (unpaired) electrons. The van der Waals surface area contributed by atoms with Crippen molar-refractivity contribution < 1.29 is 0 Å². The number of benzene rings is 6. The number of nitrogens with zero attached hydrogens (tertiary/aromatic N) is 2. The van der Waals surface area contributed by atoms with E-state index in [1.807, 2.05) is 12.4 Å². The van der Waals surface area contributed by atoms with Gasteiger partial charge in [-0.15, -0.1) is 0 Å². The highest BCUT2D eigenvalue weighted by Gasteiger charge is 2.39. The minimum absolute atomic E-state index is 0.928. The second kappa shape index (κ2) is 12.8. The van der Waals surface area contributed by atoms with Crippen LogP contribution in [0, 0.1) is 0 Å². The maximum absolute atomic E-state index is 5.18. The zero-order valence-corrected chi connectivity index (χ0v) is 27.4. The van der Waals surface area contributed by atoms with E-state index in [-0.39, 0.29) is 0 Å². The summed E-state index contributed by atoms with van der Waals surface area (Å²) >= 11 is 0. The third-order valence-electron chi connectivity index (χ3n) is 9.52. The normalized spacial score (nSPS) is 12.6. The van der Waals surface area contributed by atoms with Crippen LogP contribution >= 0.6 is 0 Å². The fraction of sp³-hybridized carbons (Fsp3) is 0. The zero-order valence-electron chi connectivity index (χ0n) is 27.4. The predicted octanol–water partition coefficient (Wildman–Crippen LogP) is 11.7. The highest BCUT2D eigenvalue weighted by Crippen LogP contribution is 2.57. The van der Waals surface area contributed by atoms with Crippen LogP contribution in [0.15, 0.2) is 206 Å². The Kier molecular flexibility index (Phi) is 7.53. The minimum atomic E-state index is 0.928. The first-order chi connectivity index (χ1) is 24.8. The molecule has 0 N–H and O–H groups in total. The first-order valence-electron chi connectivity index (χ1n) is 17.0. The standard InChI is InChI=1S/C48H32N2/c1-5-17-33(18-6-1)43(34-19-7-2-8-20-34)47-45(41-29-37-25-13-15-27-39(37)31-49-41)46(42-30-38-26-14-16-28-40(38)32-50-42)48(47)44(35-21-9-3-10-22-35)36-23-11-4-12-24-36/h1-32H. The van der Waals surface area contributed by atoms with Gasteiger partial charge in [-0.05, 0) is 56.3 Å². The van der Waals surface area contributed by atoms with Crippen molar-refractivity contribution in [1.82, 2.24) is 9.97 Å². The lowest BCUT2D eigenvalue weighted by molar-refractivity contribution is 1.24. The molecule has 2 heteroatoms. The summed E-state index contributed by atoms with van der Waals surface area (Å²) in [7, 11) is 0. The van der Waals surface area contributed by atoms with Gasteiger partial charge in [-0.3, -0.25) is 9.97 Å². The third kappa shape index (κ3) is 5.24. The first kappa shape index (κ1) is 29.5. The van der Waals surface area contributed by atoms with Crippen molar-refractivity contribution >= 4 is 43.8 Å². The van der Waals surface area contributed by atoms with Gasteiger partial charge in [0.05, 0.1) is 11.4 Å². The van der Waals surface area contributed by atoms with E-state index in [4.69, 9.17) is 9.97 Å². The van der Waals surface area contributed by atoms with Gasteiger partial charge in [-0.2, -0.15) is 0 Å². The van der Waals surface area contributed by atoms with Gasteiger partial charge >= 0.3 is 0 Å². The molecule has 234 valence electrons. The van der Waals surface area contributed by atoms with E-state index in [9.17, 15) is 0 Å². The quantitative estimate of drug-likeness (QED) is 0.181. The maximum atomic E-state index is 5.18. The van der Waals surface area contributed by atoms with E-state index in [0.717, 1.165) is 77.5 Å². The summed E-state index contributed by atoms with van der Waals surface area (Å²) in [4.78, 5) is 10.4. The number of rotatable bonds is 6. The van der Waals surface area contributed by atoms with E-state index in [1.54, 1.807) is 0 Å². The number of pyridine rings is 2. The van der Waals surface area contributed by atoms with Gasteiger partial charge in [0.25, 0.3) is 0 Å². The second-order valence-corrected chi connectivity index (χ2v) is 12.5. The summed E-state index contributed by atoms with van der Waals surface area (Å²) in [6, 6.07) is 64.5. The Morgan fingerprint density at radius 3 is 0.900 bits per heavy atom. The van der Waals surface area contributed by atoms with E-state index >= 15 is 0 Å². The molecule has 1 aliphatic rings. The summed E-state index contributed by atoms with van der Waals surface area (Å²) < 4.78 is 0. The Morgan fingerprint density at radius 1 is 0.300 bits per heavy atom. The van der Waals surface area contributed by atoms with Gasteiger partial charge in [0.1, 0.15) is 0 Å². The Labute approximate surface area is 292 Å². The molecule has 0 aliphatic heterocycles. The van der Waals surface area contributed by atoms with Crippen molar-refractivity contribution in [2.75, 3.05) is 0 Å². The van der Waals surface area contributed by atoms with Crippen LogP contribution in [-0.4, -0.2) is 9.97 Å². The lowest BCUT2D eigenvalue weighted by Crippen LogP contribution is -2.18. The van der Waals surface area contributed by atoms with Gasteiger partial charge in [0.15, 0.2) is 0 Å². The molecular formula is C48H32N2. The van der Waals surface area contributed by atoms with Gasteiger partial charge in [0, 0.05) is 45.5 Å². The molecule has 0 fully saturated rings. The van der Waals surface area contributed by atoms with Gasteiger partial charge < -0.3 is 0 Å². The van der Waals surface area contributed by atoms with Crippen LogP contribution in [0.4, 0.5) is 0 Å². The van der Waals surface area contributed by atoms with Crippen LogP contribution in [0.3, 0.4) is 0 Å². The zero-order chi connectivity index (χ0) is 33.3. The molecule has 0 saturated carbocycles. The van der Waals surface area contributed by atoms with Crippen LogP contribution in [0.2, 0.25) is 0 Å².